The number of esters is 1. The highest BCUT2D eigenvalue weighted by Crippen LogP contribution is 2.34. The number of likely N-dealkylation sites (tertiary alicyclic amines) is 1. The molecular weight excluding hydrogens is 347 g/mol. The Morgan fingerprint density at radius 1 is 1.38 bits per heavy atom. The number of halogens is 4. The molecule has 1 aromatic carbocycles. The van der Waals surface area contributed by atoms with Crippen LogP contribution in [-0.2, 0) is 9.53 Å². The lowest BCUT2D eigenvalue weighted by molar-refractivity contribution is -0.186. The normalized spacial score (nSPS) is 18.4. The molecule has 0 aromatic heterocycles. The SMILES string of the molecule is CCOC(=O)c1ccc([C@H]2CCCN(C(=O)C(F)(F)F)C2)c(Cl)c1. The molecule has 0 spiro atoms. The minimum atomic E-state index is -4.88. The molecule has 2 rings (SSSR count). The summed E-state index contributed by atoms with van der Waals surface area (Å²) in [6, 6.07) is 4.59. The Morgan fingerprint density at radius 3 is 2.67 bits per heavy atom. The van der Waals surface area contributed by atoms with Crippen molar-refractivity contribution in [3.8, 4) is 0 Å². The molecule has 24 heavy (non-hydrogen) atoms. The lowest BCUT2D eigenvalue weighted by Crippen LogP contribution is -2.45. The van der Waals surface area contributed by atoms with Gasteiger partial charge < -0.3 is 9.64 Å². The second-order valence-corrected chi connectivity index (χ2v) is 5.95. The Hall–Kier alpha value is -1.76. The molecule has 0 radical (unpaired) electrons. The van der Waals surface area contributed by atoms with Crippen LogP contribution in [0, 0.1) is 0 Å². The summed E-state index contributed by atoms with van der Waals surface area (Å²) in [5.74, 6) is -2.64. The number of amides is 1. The van der Waals surface area contributed by atoms with Gasteiger partial charge in [0.1, 0.15) is 0 Å². The zero-order valence-corrected chi connectivity index (χ0v) is 13.8. The summed E-state index contributed by atoms with van der Waals surface area (Å²) in [6.45, 7) is 1.95. The molecule has 1 aliphatic rings. The number of piperidine rings is 1. The van der Waals surface area contributed by atoms with Crippen molar-refractivity contribution >= 4 is 23.5 Å². The maximum absolute atomic E-state index is 12.6. The van der Waals surface area contributed by atoms with Gasteiger partial charge in [0.15, 0.2) is 0 Å². The van der Waals surface area contributed by atoms with Crippen LogP contribution in [0.2, 0.25) is 5.02 Å². The molecule has 0 unspecified atom stereocenters. The van der Waals surface area contributed by atoms with Crippen molar-refractivity contribution < 1.29 is 27.5 Å². The summed E-state index contributed by atoms with van der Waals surface area (Å²) in [5, 5.41) is 0.284. The van der Waals surface area contributed by atoms with Crippen LogP contribution in [0.4, 0.5) is 13.2 Å². The van der Waals surface area contributed by atoms with Gasteiger partial charge in [-0.25, -0.2) is 4.79 Å². The largest absolute Gasteiger partial charge is 0.471 e. The van der Waals surface area contributed by atoms with Gasteiger partial charge in [-0.1, -0.05) is 17.7 Å². The molecule has 8 heteroatoms. The minimum absolute atomic E-state index is 0.0448. The highest BCUT2D eigenvalue weighted by molar-refractivity contribution is 6.31. The second-order valence-electron chi connectivity index (χ2n) is 5.54. The van der Waals surface area contributed by atoms with Crippen molar-refractivity contribution in [1.82, 2.24) is 4.90 Å². The van der Waals surface area contributed by atoms with Gasteiger partial charge >= 0.3 is 18.1 Å². The van der Waals surface area contributed by atoms with Crippen molar-refractivity contribution in [3.05, 3.63) is 34.3 Å². The van der Waals surface area contributed by atoms with Gasteiger partial charge in [0.2, 0.25) is 0 Å². The molecule has 1 amide bonds. The lowest BCUT2D eigenvalue weighted by Gasteiger charge is -2.33. The predicted molar refractivity (Wildman–Crippen MR) is 82.0 cm³/mol. The van der Waals surface area contributed by atoms with E-state index in [9.17, 15) is 22.8 Å². The number of hydrogen-bond acceptors (Lipinski definition) is 3. The van der Waals surface area contributed by atoms with Crippen molar-refractivity contribution in [1.29, 1.82) is 0 Å². The third kappa shape index (κ3) is 4.20. The number of carbonyl (C=O) groups excluding carboxylic acids is 2. The standard InChI is InChI=1S/C16H17ClF3NO3/c1-2-24-14(22)10-5-6-12(13(17)8-10)11-4-3-7-21(9-11)15(23)16(18,19)20/h5-6,8,11H,2-4,7,9H2,1H3/t11-/m0/s1. The molecule has 0 saturated carbocycles. The van der Waals surface area contributed by atoms with Crippen molar-refractivity contribution in [2.24, 2.45) is 0 Å². The molecule has 1 heterocycles. The Labute approximate surface area is 142 Å². The summed E-state index contributed by atoms with van der Waals surface area (Å²) < 4.78 is 42.6. The smallest absolute Gasteiger partial charge is 0.462 e. The Balaban J connectivity index is 2.16. The average molecular weight is 364 g/mol. The zero-order chi connectivity index (χ0) is 17.9. The Morgan fingerprint density at radius 2 is 2.08 bits per heavy atom. The molecule has 1 atom stereocenters. The van der Waals surface area contributed by atoms with E-state index in [-0.39, 0.29) is 36.2 Å². The molecule has 0 aliphatic carbocycles. The van der Waals surface area contributed by atoms with Gasteiger partial charge in [0.05, 0.1) is 12.2 Å². The van der Waals surface area contributed by atoms with Crippen LogP contribution in [0.15, 0.2) is 18.2 Å². The first-order valence-electron chi connectivity index (χ1n) is 7.56. The Kier molecular flexibility index (Phi) is 5.74. The van der Waals surface area contributed by atoms with E-state index in [1.54, 1.807) is 13.0 Å². The van der Waals surface area contributed by atoms with E-state index in [4.69, 9.17) is 16.3 Å². The van der Waals surface area contributed by atoms with Gasteiger partial charge in [-0.2, -0.15) is 13.2 Å². The minimum Gasteiger partial charge on any atom is -0.462 e. The van der Waals surface area contributed by atoms with Gasteiger partial charge in [-0.05, 0) is 37.5 Å². The molecule has 1 aliphatic heterocycles. The van der Waals surface area contributed by atoms with Gasteiger partial charge in [0.25, 0.3) is 0 Å². The number of ether oxygens (including phenoxy) is 1. The summed E-state index contributed by atoms with van der Waals surface area (Å²) >= 11 is 6.19. The summed E-state index contributed by atoms with van der Waals surface area (Å²) in [7, 11) is 0. The average Bonchev–Trinajstić information content (AvgIpc) is 2.53. The number of benzene rings is 1. The molecule has 1 fully saturated rings. The third-order valence-electron chi connectivity index (χ3n) is 3.90. The molecule has 4 nitrogen and oxygen atoms in total. The highest BCUT2D eigenvalue weighted by atomic mass is 35.5. The summed E-state index contributed by atoms with van der Waals surface area (Å²) in [5.41, 5.74) is 0.911. The maximum Gasteiger partial charge on any atom is 0.471 e. The van der Waals surface area contributed by atoms with E-state index in [1.165, 1.54) is 12.1 Å². The number of nitrogens with zero attached hydrogens (tertiary/aromatic N) is 1. The van der Waals surface area contributed by atoms with Gasteiger partial charge in [-0.15, -0.1) is 0 Å². The van der Waals surface area contributed by atoms with Crippen LogP contribution < -0.4 is 0 Å². The van der Waals surface area contributed by atoms with Crippen LogP contribution in [-0.4, -0.2) is 42.6 Å². The van der Waals surface area contributed by atoms with Gasteiger partial charge in [0, 0.05) is 24.0 Å². The van der Waals surface area contributed by atoms with E-state index in [0.717, 1.165) is 4.90 Å². The molecule has 0 N–H and O–H groups in total. The van der Waals surface area contributed by atoms with E-state index in [0.29, 0.717) is 18.4 Å². The van der Waals surface area contributed by atoms with Crippen LogP contribution in [0.3, 0.4) is 0 Å². The van der Waals surface area contributed by atoms with Crippen molar-refractivity contribution in [2.45, 2.75) is 31.9 Å². The maximum atomic E-state index is 12.6. The number of carbonyl (C=O) groups is 2. The number of alkyl halides is 3. The van der Waals surface area contributed by atoms with Crippen molar-refractivity contribution in [2.75, 3.05) is 19.7 Å². The first kappa shape index (κ1) is 18.6. The third-order valence-corrected chi connectivity index (χ3v) is 4.23. The monoisotopic (exact) mass is 363 g/mol. The fraction of sp³-hybridized carbons (Fsp3) is 0.500. The van der Waals surface area contributed by atoms with E-state index in [1.807, 2.05) is 0 Å². The van der Waals surface area contributed by atoms with Gasteiger partial charge in [-0.3, -0.25) is 4.79 Å². The topological polar surface area (TPSA) is 46.6 Å². The van der Waals surface area contributed by atoms with E-state index < -0.39 is 18.1 Å². The number of hydrogen-bond donors (Lipinski definition) is 0. The van der Waals surface area contributed by atoms with E-state index in [2.05, 4.69) is 0 Å². The quantitative estimate of drug-likeness (QED) is 0.768. The van der Waals surface area contributed by atoms with E-state index >= 15 is 0 Å². The molecule has 1 saturated heterocycles. The fourth-order valence-electron chi connectivity index (χ4n) is 2.79. The second kappa shape index (κ2) is 7.42. The fourth-order valence-corrected chi connectivity index (χ4v) is 3.13. The molecule has 1 aromatic rings. The lowest BCUT2D eigenvalue weighted by atomic mass is 9.90. The predicted octanol–water partition coefficient (Wildman–Crippen LogP) is 3.79. The first-order chi connectivity index (χ1) is 11.2. The highest BCUT2D eigenvalue weighted by Gasteiger charge is 2.43. The van der Waals surface area contributed by atoms with Crippen LogP contribution in [0.25, 0.3) is 0 Å². The van der Waals surface area contributed by atoms with Crippen LogP contribution >= 0.6 is 11.6 Å². The summed E-state index contributed by atoms with van der Waals surface area (Å²) in [6.07, 6.45) is -3.79. The zero-order valence-electron chi connectivity index (χ0n) is 13.0. The first-order valence-corrected chi connectivity index (χ1v) is 7.94. The van der Waals surface area contributed by atoms with Crippen LogP contribution in [0.1, 0.15) is 41.6 Å². The molecular formula is C16H17ClF3NO3. The molecule has 132 valence electrons. The number of rotatable bonds is 3. The summed E-state index contributed by atoms with van der Waals surface area (Å²) in [4.78, 5) is 23.9. The molecule has 0 bridgehead atoms. The van der Waals surface area contributed by atoms with Crippen molar-refractivity contribution in [3.63, 3.8) is 0 Å². The Bertz CT molecular complexity index is 633. The van der Waals surface area contributed by atoms with Crippen LogP contribution in [0.5, 0.6) is 0 Å².